The molecule has 44 heavy (non-hydrogen) atoms. The number of hydrogen-bond donors (Lipinski definition) is 4. The second-order valence-corrected chi connectivity index (χ2v) is 12.4. The Hall–Kier alpha value is -2.52. The van der Waals surface area contributed by atoms with E-state index in [1.54, 1.807) is 13.8 Å². The van der Waals surface area contributed by atoms with Crippen molar-refractivity contribution in [2.75, 3.05) is 32.8 Å². The summed E-state index contributed by atoms with van der Waals surface area (Å²) in [7, 11) is 0. The molecule has 8 unspecified atom stereocenters. The van der Waals surface area contributed by atoms with Crippen LogP contribution < -0.4 is 16.0 Å². The van der Waals surface area contributed by atoms with E-state index in [-0.39, 0.29) is 57.9 Å². The van der Waals surface area contributed by atoms with Gasteiger partial charge in [0.05, 0.1) is 56.7 Å². The molecule has 17 heteroatoms. The molecule has 0 radical (unpaired) electrons. The highest BCUT2D eigenvalue weighted by molar-refractivity contribution is 6.24. The fourth-order valence-corrected chi connectivity index (χ4v) is 6.81. The number of carbonyl (C=O) groups is 4. The van der Waals surface area contributed by atoms with E-state index in [0.717, 1.165) is 0 Å². The lowest BCUT2D eigenvalue weighted by molar-refractivity contribution is -0.188. The number of aliphatic imine (C=N–C) groups is 1. The Morgan fingerprint density at radius 3 is 2.43 bits per heavy atom. The first-order valence-corrected chi connectivity index (χ1v) is 15.6. The highest BCUT2D eigenvalue weighted by Crippen LogP contribution is 2.40. The van der Waals surface area contributed by atoms with Gasteiger partial charge in [-0.15, -0.1) is 23.2 Å². The lowest BCUT2D eigenvalue weighted by Crippen LogP contribution is -2.54. The van der Waals surface area contributed by atoms with Crippen molar-refractivity contribution in [2.45, 2.75) is 87.5 Å². The molecule has 2 saturated carbocycles. The van der Waals surface area contributed by atoms with Gasteiger partial charge in [0.15, 0.2) is 0 Å². The number of nitrogens with zero attached hydrogens (tertiary/aromatic N) is 2. The van der Waals surface area contributed by atoms with Crippen molar-refractivity contribution in [3.8, 4) is 0 Å². The Balaban J connectivity index is 1.64. The van der Waals surface area contributed by atoms with Gasteiger partial charge in [-0.1, -0.05) is 0 Å². The Morgan fingerprint density at radius 2 is 1.77 bits per heavy atom. The number of aliphatic hydroxyl groups excluding tert-OH is 1. The van der Waals surface area contributed by atoms with E-state index in [2.05, 4.69) is 20.9 Å². The molecular formula is C27H40Cl2F3N5O7. The zero-order valence-electron chi connectivity index (χ0n) is 24.6. The number of ether oxygens (including phenoxy) is 2. The Bertz CT molecular complexity index is 1070. The number of hydrogen-bond acceptors (Lipinski definition) is 9. The molecule has 0 aromatic rings. The lowest BCUT2D eigenvalue weighted by atomic mass is 9.77. The third kappa shape index (κ3) is 9.99. The first kappa shape index (κ1) is 36.0. The number of amides is 3. The standard InChI is InChI=1S/C27H40Cl2F3N5O7/c1-3-43-22(39)12-20(18-10-16(28)11-19(29)23(18)40)36-21(38)13-34-24(41)14-7-15(27(30,31)32)9-17(8-14)35-25-33-5-6-37(25)26(42)44-4-2/h14-20,23,40H,3-13H2,1-2H3,(H,33,35)(H,34,41)(H,36,38). The van der Waals surface area contributed by atoms with Crippen LogP contribution in [0.3, 0.4) is 0 Å². The minimum atomic E-state index is -4.57. The summed E-state index contributed by atoms with van der Waals surface area (Å²) < 4.78 is 51.5. The number of alkyl halides is 5. The predicted octanol–water partition coefficient (Wildman–Crippen LogP) is 2.29. The van der Waals surface area contributed by atoms with Crippen LogP contribution in [-0.4, -0.2) is 108 Å². The summed E-state index contributed by atoms with van der Waals surface area (Å²) in [4.78, 5) is 55.8. The maximum absolute atomic E-state index is 13.8. The molecule has 3 amide bonds. The number of rotatable bonds is 10. The lowest BCUT2D eigenvalue weighted by Gasteiger charge is -2.39. The van der Waals surface area contributed by atoms with Crippen LogP contribution >= 0.6 is 23.2 Å². The van der Waals surface area contributed by atoms with E-state index < -0.39 is 89.7 Å². The smallest absolute Gasteiger partial charge is 0.416 e. The van der Waals surface area contributed by atoms with Crippen molar-refractivity contribution >= 4 is 53.0 Å². The van der Waals surface area contributed by atoms with Crippen LogP contribution in [0.15, 0.2) is 4.99 Å². The van der Waals surface area contributed by atoms with E-state index in [1.165, 1.54) is 4.90 Å². The van der Waals surface area contributed by atoms with Crippen molar-refractivity contribution in [2.24, 2.45) is 22.7 Å². The van der Waals surface area contributed by atoms with Crippen molar-refractivity contribution in [3.63, 3.8) is 0 Å². The average molecular weight is 675 g/mol. The van der Waals surface area contributed by atoms with Crippen LogP contribution in [0.1, 0.15) is 52.4 Å². The molecule has 0 saturated heterocycles. The van der Waals surface area contributed by atoms with Crippen LogP contribution in [0, 0.1) is 17.8 Å². The second kappa shape index (κ2) is 16.2. The number of carbonyl (C=O) groups excluding carboxylic acids is 4. The second-order valence-electron chi connectivity index (χ2n) is 11.2. The minimum absolute atomic E-state index is 0.00366. The molecule has 4 N–H and O–H groups in total. The maximum atomic E-state index is 13.8. The molecule has 2 fully saturated rings. The molecular weight excluding hydrogens is 634 g/mol. The molecule has 0 aromatic carbocycles. The minimum Gasteiger partial charge on any atom is -0.466 e. The molecule has 250 valence electrons. The highest BCUT2D eigenvalue weighted by atomic mass is 35.5. The molecule has 0 aromatic heterocycles. The first-order valence-electron chi connectivity index (χ1n) is 14.7. The van der Waals surface area contributed by atoms with Crippen LogP contribution in [0.4, 0.5) is 18.0 Å². The zero-order valence-corrected chi connectivity index (χ0v) is 26.1. The summed E-state index contributed by atoms with van der Waals surface area (Å²) in [5, 5.41) is 17.5. The van der Waals surface area contributed by atoms with Crippen molar-refractivity contribution in [3.05, 3.63) is 0 Å². The van der Waals surface area contributed by atoms with E-state index in [4.69, 9.17) is 32.7 Å². The molecule has 0 bridgehead atoms. The molecule has 3 aliphatic rings. The number of nitrogens with one attached hydrogen (secondary N) is 3. The van der Waals surface area contributed by atoms with E-state index in [0.29, 0.717) is 6.42 Å². The van der Waals surface area contributed by atoms with Gasteiger partial charge in [0, 0.05) is 29.3 Å². The van der Waals surface area contributed by atoms with Gasteiger partial charge in [-0.3, -0.25) is 19.4 Å². The first-order chi connectivity index (χ1) is 20.7. The van der Waals surface area contributed by atoms with Gasteiger partial charge in [0.2, 0.25) is 17.8 Å². The maximum Gasteiger partial charge on any atom is 0.416 e. The SMILES string of the molecule is CCOC(=O)CC(NC(=O)CNC(=O)C1CC(NC2=NCCN2C(=O)OCC)CC(C(F)(F)F)C1)C1CC(Cl)CC(Cl)C1O. The zero-order chi connectivity index (χ0) is 32.6. The van der Waals surface area contributed by atoms with Gasteiger partial charge in [-0.25, -0.2) is 9.69 Å². The van der Waals surface area contributed by atoms with Crippen molar-refractivity contribution in [1.82, 2.24) is 20.9 Å². The normalized spacial score (nSPS) is 29.7. The van der Waals surface area contributed by atoms with Gasteiger partial charge in [0.25, 0.3) is 0 Å². The van der Waals surface area contributed by atoms with Crippen LogP contribution in [0.25, 0.3) is 0 Å². The largest absolute Gasteiger partial charge is 0.466 e. The number of guanidine groups is 1. The fraction of sp³-hybridized carbons (Fsp3) is 0.815. The van der Waals surface area contributed by atoms with Crippen LogP contribution in [0.5, 0.6) is 0 Å². The number of halogens is 5. The molecule has 1 heterocycles. The van der Waals surface area contributed by atoms with E-state index >= 15 is 0 Å². The summed E-state index contributed by atoms with van der Waals surface area (Å²) in [6.45, 7) is 3.34. The van der Waals surface area contributed by atoms with Crippen LogP contribution in [-0.2, 0) is 23.9 Å². The molecule has 1 aliphatic heterocycles. The molecule has 0 spiro atoms. The topological polar surface area (TPSA) is 159 Å². The van der Waals surface area contributed by atoms with Crippen molar-refractivity contribution in [1.29, 1.82) is 0 Å². The summed E-state index contributed by atoms with van der Waals surface area (Å²) in [6, 6.07) is -1.74. The summed E-state index contributed by atoms with van der Waals surface area (Å²) in [5.74, 6) is -5.57. The molecule has 12 nitrogen and oxygen atoms in total. The fourth-order valence-electron chi connectivity index (χ4n) is 5.91. The average Bonchev–Trinajstić information content (AvgIpc) is 3.41. The van der Waals surface area contributed by atoms with E-state index in [9.17, 15) is 37.5 Å². The third-order valence-electron chi connectivity index (χ3n) is 8.00. The molecule has 8 atom stereocenters. The number of aliphatic hydroxyl groups is 1. The molecule has 3 rings (SSSR count). The summed E-state index contributed by atoms with van der Waals surface area (Å²) in [5.41, 5.74) is 0. The Morgan fingerprint density at radius 1 is 1.07 bits per heavy atom. The van der Waals surface area contributed by atoms with Gasteiger partial charge >= 0.3 is 18.2 Å². The Labute approximate surface area is 263 Å². The summed E-state index contributed by atoms with van der Waals surface area (Å²) in [6.07, 6.45) is -6.81. The monoisotopic (exact) mass is 673 g/mol. The highest BCUT2D eigenvalue weighted by Gasteiger charge is 2.47. The van der Waals surface area contributed by atoms with Crippen molar-refractivity contribution < 1.29 is 46.9 Å². The van der Waals surface area contributed by atoms with E-state index in [1.807, 2.05) is 0 Å². The van der Waals surface area contributed by atoms with Crippen LogP contribution in [0.2, 0.25) is 0 Å². The van der Waals surface area contributed by atoms with Gasteiger partial charge in [0.1, 0.15) is 0 Å². The van der Waals surface area contributed by atoms with Gasteiger partial charge in [-0.05, 0) is 46.0 Å². The molecule has 2 aliphatic carbocycles. The predicted molar refractivity (Wildman–Crippen MR) is 154 cm³/mol. The van der Waals surface area contributed by atoms with Gasteiger partial charge < -0.3 is 30.5 Å². The quantitative estimate of drug-likeness (QED) is 0.203. The third-order valence-corrected chi connectivity index (χ3v) is 8.79. The summed E-state index contributed by atoms with van der Waals surface area (Å²) >= 11 is 12.5. The number of esters is 1. The Kier molecular flexibility index (Phi) is 13.2. The van der Waals surface area contributed by atoms with Gasteiger partial charge in [-0.2, -0.15) is 13.2 Å².